The molecule has 0 aromatic heterocycles. The minimum absolute atomic E-state index is 0.00449. The number of ether oxygens (including phenoxy) is 1. The van der Waals surface area contributed by atoms with Gasteiger partial charge in [-0.15, -0.1) is 0 Å². The molecule has 2 rings (SSSR count). The van der Waals surface area contributed by atoms with Crippen LogP contribution in [0.2, 0.25) is 0 Å². The summed E-state index contributed by atoms with van der Waals surface area (Å²) in [6, 6.07) is 6.44. The summed E-state index contributed by atoms with van der Waals surface area (Å²) in [5, 5.41) is 7.64. The molecule has 1 unspecified atom stereocenters. The lowest BCUT2D eigenvalue weighted by atomic mass is 10.0. The second-order valence-electron chi connectivity index (χ2n) is 4.65. The second kappa shape index (κ2) is 4.26. The predicted octanol–water partition coefficient (Wildman–Crippen LogP) is 2.28. The molecule has 86 valence electrons. The fraction of sp³-hybridized carbons (Fsp3) is 0.462. The maximum absolute atomic E-state index is 7.64. The van der Waals surface area contributed by atoms with Gasteiger partial charge in [0.25, 0.3) is 0 Å². The molecular formula is C13H18N2O. The Bertz CT molecular complexity index is 394. The van der Waals surface area contributed by atoms with Gasteiger partial charge in [-0.3, -0.25) is 10.3 Å². The van der Waals surface area contributed by atoms with Crippen LogP contribution in [0.5, 0.6) is 0 Å². The molecule has 1 atom stereocenters. The number of hydrogen-bond donors (Lipinski definition) is 1. The van der Waals surface area contributed by atoms with Crippen LogP contribution in [0.3, 0.4) is 0 Å². The summed E-state index contributed by atoms with van der Waals surface area (Å²) in [5.74, 6) is 0.359. The van der Waals surface area contributed by atoms with Gasteiger partial charge in [-0.25, -0.2) is 0 Å². The van der Waals surface area contributed by atoms with Crippen LogP contribution in [-0.4, -0.2) is 30.9 Å². The Morgan fingerprint density at radius 3 is 2.44 bits per heavy atom. The van der Waals surface area contributed by atoms with E-state index in [2.05, 4.69) is 36.9 Å². The van der Waals surface area contributed by atoms with Gasteiger partial charge in [-0.1, -0.05) is 29.3 Å². The predicted molar refractivity (Wildman–Crippen MR) is 65.0 cm³/mol. The van der Waals surface area contributed by atoms with Gasteiger partial charge < -0.3 is 4.74 Å². The summed E-state index contributed by atoms with van der Waals surface area (Å²) in [4.78, 5) is 2.12. The van der Waals surface area contributed by atoms with Crippen LogP contribution in [-0.2, 0) is 4.74 Å². The molecule has 0 amide bonds. The molecule has 1 heterocycles. The smallest absolute Gasteiger partial charge is 0.195 e. The zero-order valence-electron chi connectivity index (χ0n) is 10.1. The van der Waals surface area contributed by atoms with Crippen LogP contribution >= 0.6 is 0 Å². The van der Waals surface area contributed by atoms with E-state index in [-0.39, 0.29) is 6.10 Å². The standard InChI is InChI=1S/C13H18N2O/c1-9-4-10(2)6-11(5-9)12-7-15(3)8-13(14)16-12/h4-6,12,14H,7-8H2,1-3H3. The maximum Gasteiger partial charge on any atom is 0.195 e. The summed E-state index contributed by atoms with van der Waals surface area (Å²) in [5.41, 5.74) is 3.67. The number of nitrogens with one attached hydrogen (secondary N) is 1. The van der Waals surface area contributed by atoms with Crippen LogP contribution in [0.15, 0.2) is 18.2 Å². The van der Waals surface area contributed by atoms with Crippen molar-refractivity contribution >= 4 is 5.90 Å². The van der Waals surface area contributed by atoms with Gasteiger partial charge in [0, 0.05) is 6.54 Å². The van der Waals surface area contributed by atoms with E-state index in [0.717, 1.165) is 6.54 Å². The van der Waals surface area contributed by atoms with Gasteiger partial charge >= 0.3 is 0 Å². The fourth-order valence-corrected chi connectivity index (χ4v) is 2.21. The van der Waals surface area contributed by atoms with Gasteiger partial charge in [-0.05, 0) is 26.5 Å². The molecule has 1 saturated heterocycles. The molecule has 1 N–H and O–H groups in total. The molecular weight excluding hydrogens is 200 g/mol. The first-order valence-corrected chi connectivity index (χ1v) is 5.55. The molecule has 3 nitrogen and oxygen atoms in total. The van der Waals surface area contributed by atoms with Crippen molar-refractivity contribution in [2.75, 3.05) is 20.1 Å². The van der Waals surface area contributed by atoms with Gasteiger partial charge in [-0.2, -0.15) is 0 Å². The van der Waals surface area contributed by atoms with E-state index in [1.807, 2.05) is 7.05 Å². The Morgan fingerprint density at radius 1 is 1.25 bits per heavy atom. The zero-order chi connectivity index (χ0) is 11.7. The van der Waals surface area contributed by atoms with Crippen molar-refractivity contribution in [1.82, 2.24) is 4.90 Å². The lowest BCUT2D eigenvalue weighted by Crippen LogP contribution is -2.38. The van der Waals surface area contributed by atoms with Gasteiger partial charge in [0.05, 0.1) is 6.54 Å². The average Bonchev–Trinajstić information content (AvgIpc) is 2.14. The molecule has 0 bridgehead atoms. The van der Waals surface area contributed by atoms with Crippen molar-refractivity contribution in [3.05, 3.63) is 34.9 Å². The Labute approximate surface area is 96.5 Å². The third-order valence-corrected chi connectivity index (χ3v) is 2.79. The summed E-state index contributed by atoms with van der Waals surface area (Å²) < 4.78 is 5.59. The number of aryl methyl sites for hydroxylation is 2. The van der Waals surface area contributed by atoms with E-state index in [1.165, 1.54) is 16.7 Å². The first kappa shape index (κ1) is 11.1. The highest BCUT2D eigenvalue weighted by Gasteiger charge is 2.23. The topological polar surface area (TPSA) is 36.3 Å². The molecule has 1 aliphatic heterocycles. The average molecular weight is 218 g/mol. The molecule has 0 radical (unpaired) electrons. The van der Waals surface area contributed by atoms with E-state index < -0.39 is 0 Å². The Balaban J connectivity index is 2.25. The zero-order valence-corrected chi connectivity index (χ0v) is 10.1. The lowest BCUT2D eigenvalue weighted by Gasteiger charge is -2.31. The summed E-state index contributed by atoms with van der Waals surface area (Å²) in [6.45, 7) is 5.65. The van der Waals surface area contributed by atoms with E-state index in [0.29, 0.717) is 12.4 Å². The van der Waals surface area contributed by atoms with Crippen molar-refractivity contribution < 1.29 is 4.74 Å². The molecule has 0 aliphatic carbocycles. The third-order valence-electron chi connectivity index (χ3n) is 2.79. The summed E-state index contributed by atoms with van der Waals surface area (Å²) in [7, 11) is 2.02. The highest BCUT2D eigenvalue weighted by molar-refractivity contribution is 5.75. The summed E-state index contributed by atoms with van der Waals surface area (Å²) in [6.07, 6.45) is 0.00449. The molecule has 1 fully saturated rings. The number of likely N-dealkylation sites (N-methyl/N-ethyl adjacent to an activating group) is 1. The molecule has 3 heteroatoms. The molecule has 0 spiro atoms. The molecule has 16 heavy (non-hydrogen) atoms. The second-order valence-corrected chi connectivity index (χ2v) is 4.65. The summed E-state index contributed by atoms with van der Waals surface area (Å²) >= 11 is 0. The first-order valence-electron chi connectivity index (χ1n) is 5.55. The molecule has 1 aromatic carbocycles. The Hall–Kier alpha value is -1.35. The van der Waals surface area contributed by atoms with Gasteiger partial charge in [0.2, 0.25) is 0 Å². The van der Waals surface area contributed by atoms with Crippen LogP contribution in [0.1, 0.15) is 22.8 Å². The highest BCUT2D eigenvalue weighted by Crippen LogP contribution is 2.24. The van der Waals surface area contributed by atoms with Crippen molar-refractivity contribution in [2.24, 2.45) is 0 Å². The monoisotopic (exact) mass is 218 g/mol. The van der Waals surface area contributed by atoms with E-state index in [1.54, 1.807) is 0 Å². The third kappa shape index (κ3) is 2.42. The van der Waals surface area contributed by atoms with E-state index >= 15 is 0 Å². The number of morpholine rings is 1. The SMILES string of the molecule is Cc1cc(C)cc(C2CN(C)CC(=N)O2)c1. The van der Waals surface area contributed by atoms with Crippen molar-refractivity contribution in [1.29, 1.82) is 5.41 Å². The van der Waals surface area contributed by atoms with Crippen molar-refractivity contribution in [3.8, 4) is 0 Å². The van der Waals surface area contributed by atoms with Gasteiger partial charge in [0.15, 0.2) is 5.90 Å². The first-order chi connectivity index (χ1) is 7.54. The molecule has 1 aliphatic rings. The molecule has 1 aromatic rings. The fourth-order valence-electron chi connectivity index (χ4n) is 2.21. The Kier molecular flexibility index (Phi) is 2.97. The normalized spacial score (nSPS) is 21.9. The van der Waals surface area contributed by atoms with Gasteiger partial charge in [0.1, 0.15) is 6.10 Å². The van der Waals surface area contributed by atoms with E-state index in [9.17, 15) is 0 Å². The lowest BCUT2D eigenvalue weighted by molar-refractivity contribution is 0.100. The minimum Gasteiger partial charge on any atom is -0.471 e. The molecule has 0 saturated carbocycles. The van der Waals surface area contributed by atoms with Crippen LogP contribution in [0, 0.1) is 19.3 Å². The van der Waals surface area contributed by atoms with Crippen LogP contribution in [0.25, 0.3) is 0 Å². The number of hydrogen-bond acceptors (Lipinski definition) is 3. The maximum atomic E-state index is 7.64. The quantitative estimate of drug-likeness (QED) is 0.785. The number of benzene rings is 1. The highest BCUT2D eigenvalue weighted by atomic mass is 16.5. The minimum atomic E-state index is 0.00449. The van der Waals surface area contributed by atoms with Crippen LogP contribution < -0.4 is 0 Å². The number of nitrogens with zero attached hydrogens (tertiary/aromatic N) is 1. The van der Waals surface area contributed by atoms with Crippen LogP contribution in [0.4, 0.5) is 0 Å². The van der Waals surface area contributed by atoms with Crippen molar-refractivity contribution in [2.45, 2.75) is 20.0 Å². The van der Waals surface area contributed by atoms with E-state index in [4.69, 9.17) is 10.1 Å². The Morgan fingerprint density at radius 2 is 1.88 bits per heavy atom. The largest absolute Gasteiger partial charge is 0.471 e. The number of rotatable bonds is 1. The van der Waals surface area contributed by atoms with Crippen molar-refractivity contribution in [3.63, 3.8) is 0 Å².